The van der Waals surface area contributed by atoms with Crippen LogP contribution < -0.4 is 21.3 Å². The van der Waals surface area contributed by atoms with Crippen LogP contribution in [0.3, 0.4) is 0 Å². The van der Waals surface area contributed by atoms with Crippen LogP contribution in [-0.2, 0) is 119 Å². The Morgan fingerprint density at radius 2 is 0.388 bits per heavy atom. The average Bonchev–Trinajstić information content (AvgIpc) is 0.762. The zero-order valence-electron chi connectivity index (χ0n) is 71.6. The van der Waals surface area contributed by atoms with Crippen LogP contribution in [0.1, 0.15) is 27.7 Å². The number of aliphatic hydroxyl groups is 31. The van der Waals surface area contributed by atoms with Crippen LogP contribution in [0.5, 0.6) is 0 Å². The molecule has 0 aliphatic carbocycles. The molecule has 134 heavy (non-hydrogen) atoms. The van der Waals surface area contributed by atoms with Gasteiger partial charge in [0, 0.05) is 27.7 Å². The van der Waals surface area contributed by atoms with Crippen molar-refractivity contribution in [2.24, 2.45) is 0 Å². The summed E-state index contributed by atoms with van der Waals surface area (Å²) >= 11 is 0. The second-order valence-electron chi connectivity index (χ2n) is 33.8. The monoisotopic (exact) mass is 1960 g/mol. The van der Waals surface area contributed by atoms with Crippen LogP contribution in [0, 0.1) is 0 Å². The first-order valence-electron chi connectivity index (χ1n) is 42.7. The second kappa shape index (κ2) is 48.3. The summed E-state index contributed by atoms with van der Waals surface area (Å²) in [5.41, 5.74) is 0. The first-order chi connectivity index (χ1) is 63.5. The highest BCUT2D eigenvalue weighted by atomic mass is 16.8. The molecule has 11 aliphatic heterocycles. The highest BCUT2D eigenvalue weighted by Gasteiger charge is 2.63. The molecule has 0 bridgehead atoms. The van der Waals surface area contributed by atoms with Gasteiger partial charge in [-0.25, -0.2) is 0 Å². The third-order valence-corrected chi connectivity index (χ3v) is 24.6. The van der Waals surface area contributed by atoms with Gasteiger partial charge in [-0.15, -0.1) is 0 Å². The topological polar surface area (TPSA) is 937 Å². The molecule has 0 radical (unpaired) electrons. The molecule has 60 heteroatoms. The molecule has 11 fully saturated rings. The number of ether oxygens (including phenoxy) is 21. The highest BCUT2D eigenvalue weighted by Crippen LogP contribution is 2.42. The molecular weight excluding hydrogens is 1840 g/mol. The summed E-state index contributed by atoms with van der Waals surface area (Å²) in [7, 11) is 0. The molecule has 0 spiro atoms. The molecule has 11 saturated heterocycles. The van der Waals surface area contributed by atoms with Gasteiger partial charge in [-0.1, -0.05) is 0 Å². The van der Waals surface area contributed by atoms with Crippen molar-refractivity contribution in [1.29, 1.82) is 0 Å². The minimum absolute atomic E-state index is 0.878. The molecule has 60 nitrogen and oxygen atoms in total. The summed E-state index contributed by atoms with van der Waals surface area (Å²) in [6.07, 6.45) is -107. The maximum Gasteiger partial charge on any atom is 0.217 e. The number of hydrogen-bond acceptors (Lipinski definition) is 56. The first-order valence-corrected chi connectivity index (χ1v) is 42.7. The minimum atomic E-state index is -2.59. The smallest absolute Gasteiger partial charge is 0.217 e. The van der Waals surface area contributed by atoms with Crippen molar-refractivity contribution in [1.82, 2.24) is 21.3 Å². The van der Waals surface area contributed by atoms with Gasteiger partial charge in [0.05, 0.1) is 72.7 Å². The summed E-state index contributed by atoms with van der Waals surface area (Å²) in [4.78, 5) is 52.5. The zero-order valence-corrected chi connectivity index (χ0v) is 71.6. The number of carbonyl (C=O) groups excluding carboxylic acids is 4. The quantitative estimate of drug-likeness (QED) is 0.0280. The molecule has 11 heterocycles. The third-order valence-electron chi connectivity index (χ3n) is 24.6. The van der Waals surface area contributed by atoms with Gasteiger partial charge >= 0.3 is 0 Å². The van der Waals surface area contributed by atoms with Crippen LogP contribution in [-0.4, -0.2) is 592 Å². The van der Waals surface area contributed by atoms with E-state index in [0.717, 1.165) is 27.7 Å². The lowest BCUT2D eigenvalue weighted by molar-refractivity contribution is -0.392. The van der Waals surface area contributed by atoms with Crippen LogP contribution in [0.4, 0.5) is 0 Å². The molecule has 776 valence electrons. The molecule has 0 unspecified atom stereocenters. The van der Waals surface area contributed by atoms with E-state index in [0.29, 0.717) is 0 Å². The van der Waals surface area contributed by atoms with Crippen molar-refractivity contribution in [2.45, 2.75) is 365 Å². The fourth-order valence-electron chi connectivity index (χ4n) is 17.5. The molecule has 11 rings (SSSR count). The zero-order chi connectivity index (χ0) is 98.5. The van der Waals surface area contributed by atoms with Crippen molar-refractivity contribution in [3.8, 4) is 0 Å². The van der Waals surface area contributed by atoms with Crippen molar-refractivity contribution >= 4 is 23.6 Å². The fourth-order valence-corrected chi connectivity index (χ4v) is 17.5. The Labute approximate surface area is 757 Å². The van der Waals surface area contributed by atoms with E-state index >= 15 is 0 Å². The number of aliphatic hydroxyl groups excluding tert-OH is 31. The van der Waals surface area contributed by atoms with E-state index in [4.69, 9.17) is 99.5 Å². The van der Waals surface area contributed by atoms with E-state index in [1.807, 2.05) is 0 Å². The molecular formula is C74H124N4O56. The summed E-state index contributed by atoms with van der Waals surface area (Å²) in [5, 5.41) is 354. The molecule has 35 N–H and O–H groups in total. The Kier molecular flexibility index (Phi) is 39.7. The second-order valence-corrected chi connectivity index (χ2v) is 33.8. The number of carbonyl (C=O) groups is 4. The molecule has 4 amide bonds. The maximum atomic E-state index is 13.3. The Hall–Kier alpha value is -4.20. The number of hydrogen-bond donors (Lipinski definition) is 35. The standard InChI is InChI=1S/C74H124N4O56/c1-16(89)75-31-41(99)55(126-69-49(107)45(103)35(93)20(5-79)116-69)26(11-85)121-65(31)114-15-30-40(98)63(133-68-34(78-19(4)92)43(101)57(28(13-87)124-68)128-72-53(111)62(39(97)24(9-83)119-72)134-70-50(108)46(104)36(94)21(6-80)117-70)54(112)74(125-30)129-58-29(14-88)123-67(33(44(58)102)77-18(3)91)131-60-37(95)22(7-81)118-71(51(60)109)127-56-27(12-86)122-66(32(42(56)100)76-17(2)90)132-61-38(96)23(8-82)120-73(52(61)110)130-59-25(10-84)115-64(113)48(106)47(59)105/h20-74,79-88,93-113H,5-15H2,1-4H3,(H,75,89)(H,76,90)(H,77,91)(H,78,92)/t20-,21-,22-,23-,24-,25-,26-,27-,28-,29-,30-,31-,32-,33-,34-,35+,36+,37+,38+,39+,40+,41-,42-,43-,44-,45+,46+,47-,48-,49-,50-,51-,52-,53-,54-,55-,56-,57-,58-,59-,60+,61+,62+,63+,64-,65-,66+,67+,68+,69+,70-,71+,72+,73+,74+/m1/s1. The van der Waals surface area contributed by atoms with Crippen molar-refractivity contribution in [3.63, 3.8) is 0 Å². The Bertz CT molecular complexity index is 3650. The van der Waals surface area contributed by atoms with Crippen LogP contribution in [0.15, 0.2) is 0 Å². The predicted molar refractivity (Wildman–Crippen MR) is 409 cm³/mol. The Morgan fingerprint density at radius 1 is 0.194 bits per heavy atom. The number of amides is 4. The third kappa shape index (κ3) is 24.0. The maximum absolute atomic E-state index is 13.3. The van der Waals surface area contributed by atoms with E-state index in [-0.39, 0.29) is 0 Å². The van der Waals surface area contributed by atoms with E-state index in [9.17, 15) is 177 Å². The normalized spacial score (nSPS) is 49.8. The van der Waals surface area contributed by atoms with Gasteiger partial charge in [0.15, 0.2) is 69.2 Å². The summed E-state index contributed by atoms with van der Waals surface area (Å²) in [6, 6.07) is -8.01. The average molecular weight is 1970 g/mol. The summed E-state index contributed by atoms with van der Waals surface area (Å²) in [6.45, 7) is -8.67. The van der Waals surface area contributed by atoms with E-state index in [1.54, 1.807) is 0 Å². The summed E-state index contributed by atoms with van der Waals surface area (Å²) in [5.74, 6) is -3.97. The molecule has 0 saturated carbocycles. The van der Waals surface area contributed by atoms with Gasteiger partial charge in [0.1, 0.15) is 268 Å². The van der Waals surface area contributed by atoms with E-state index in [1.165, 1.54) is 0 Å². The van der Waals surface area contributed by atoms with Crippen LogP contribution in [0.2, 0.25) is 0 Å². The largest absolute Gasteiger partial charge is 0.394 e. The first kappa shape index (κ1) is 110. The van der Waals surface area contributed by atoms with Crippen LogP contribution >= 0.6 is 0 Å². The number of nitrogens with one attached hydrogen (secondary N) is 4. The lowest BCUT2D eigenvalue weighted by Gasteiger charge is -2.51. The van der Waals surface area contributed by atoms with E-state index < -0.39 is 434 Å². The number of rotatable bonds is 35. The fraction of sp³-hybridized carbons (Fsp3) is 0.946. The van der Waals surface area contributed by atoms with Crippen molar-refractivity contribution < 1.29 is 277 Å². The summed E-state index contributed by atoms with van der Waals surface area (Å²) < 4.78 is 123. The Morgan fingerprint density at radius 3 is 0.649 bits per heavy atom. The van der Waals surface area contributed by atoms with E-state index in [2.05, 4.69) is 21.3 Å². The molecule has 0 aromatic heterocycles. The van der Waals surface area contributed by atoms with Gasteiger partial charge in [0.2, 0.25) is 23.6 Å². The van der Waals surface area contributed by atoms with Crippen LogP contribution in [0.25, 0.3) is 0 Å². The molecule has 55 atom stereocenters. The predicted octanol–water partition coefficient (Wildman–Crippen LogP) is -24.4. The van der Waals surface area contributed by atoms with Gasteiger partial charge in [0.25, 0.3) is 0 Å². The van der Waals surface area contributed by atoms with Gasteiger partial charge in [-0.2, -0.15) is 0 Å². The lowest BCUT2D eigenvalue weighted by atomic mass is 9.93. The molecule has 0 aromatic rings. The Balaban J connectivity index is 0.856. The minimum Gasteiger partial charge on any atom is -0.394 e. The van der Waals surface area contributed by atoms with Crippen molar-refractivity contribution in [3.05, 3.63) is 0 Å². The van der Waals surface area contributed by atoms with Gasteiger partial charge < -0.3 is 279 Å². The van der Waals surface area contributed by atoms with Gasteiger partial charge in [-0.05, 0) is 0 Å². The SMILES string of the molecule is CC(=O)N[C@H]1[C@H](OC[C@H]2O[C@@H](O[C@H]3[C@H](O)[C@@H](NC(C)=O)[C@H](O[C@H]4[C@@H](O)[C@@H](CO)O[C@@H](O[C@H]5[C@H](O)[C@@H](NC(C)=O)[C@H](O[C@H]6[C@@H](O)[C@@H](CO)O[C@@H](O[C@H]7[C@H](O)[C@@H](O)[C@H](O)O[C@@H]7CO)[C@@H]6O)O[C@@H]5CO)[C@@H]4O)O[C@@H]3CO)[C@H](O)[C@@H](O[C@@H]3O[C@H](CO)[C@@H](O[C@@H]4O[C@H](CO)[C@H](O)[C@H](O[C@H]5O[C@H](CO)[C@H](O)[C@H](O)[C@H]5O)[C@H]4O)[C@H](O)[C@H]3NC(C)=O)[C@H]2O)O[C@H](CO)[C@@H](O[C@@H]2O[C@H](CO)[C@H](O)[C@H](O)[C@H]2O)[C@@H]1O. The van der Waals surface area contributed by atoms with Gasteiger partial charge in [-0.3, -0.25) is 19.2 Å². The molecule has 11 aliphatic rings. The lowest BCUT2D eigenvalue weighted by Crippen LogP contribution is -2.71. The van der Waals surface area contributed by atoms with Crippen molar-refractivity contribution in [2.75, 3.05) is 72.7 Å². The molecule has 0 aromatic carbocycles. The highest BCUT2D eigenvalue weighted by molar-refractivity contribution is 5.74.